The van der Waals surface area contributed by atoms with E-state index in [2.05, 4.69) is 290 Å². The summed E-state index contributed by atoms with van der Waals surface area (Å²) in [6.07, 6.45) is 0. The molecule has 0 bridgehead atoms. The Hall–Kier alpha value is -9.30. The van der Waals surface area contributed by atoms with Crippen molar-refractivity contribution in [2.75, 3.05) is 4.90 Å². The Morgan fingerprint density at radius 1 is 0.183 bits per heavy atom. The molecule has 13 aromatic carbocycles. The highest BCUT2D eigenvalue weighted by Crippen LogP contribution is 2.46. The van der Waals surface area contributed by atoms with E-state index in [1.54, 1.807) is 0 Å². The lowest BCUT2D eigenvalue weighted by molar-refractivity contribution is 1.28. The molecule has 0 fully saturated rings. The summed E-state index contributed by atoms with van der Waals surface area (Å²) in [5, 5.41) is 10.0. The van der Waals surface area contributed by atoms with Crippen LogP contribution in [0.1, 0.15) is 0 Å². The van der Waals surface area contributed by atoms with E-state index in [4.69, 9.17) is 0 Å². The standard InChI is InChI=1S/C70H47N/c1-3-17-54(18-4-1)69-67-27-12-11-26-65(67)66-44-39-59(47-68(66)70(69)55-19-5-2-6-20-55)51-37-42-61(43-38-51)71(62-24-13-23-57(46-62)58-34-31-48-15-7-8-21-56(48)45-58)60-40-35-50(36-41-60)49-29-32-53(33-30-49)64-28-14-22-52-16-9-10-25-63(52)64/h1-47H. The van der Waals surface area contributed by atoms with E-state index in [1.165, 1.54) is 104 Å². The number of anilines is 3. The van der Waals surface area contributed by atoms with Crippen LogP contribution in [0.25, 0.3) is 110 Å². The van der Waals surface area contributed by atoms with Crippen LogP contribution < -0.4 is 4.90 Å². The van der Waals surface area contributed by atoms with Gasteiger partial charge in [0.05, 0.1) is 0 Å². The van der Waals surface area contributed by atoms with Gasteiger partial charge in [-0.05, 0) is 158 Å². The first kappa shape index (κ1) is 41.9. The number of hydrogen-bond donors (Lipinski definition) is 0. The molecule has 0 aliphatic rings. The van der Waals surface area contributed by atoms with Crippen LogP contribution in [0.15, 0.2) is 285 Å². The molecule has 13 aromatic rings. The molecular weight excluding hydrogens is 855 g/mol. The van der Waals surface area contributed by atoms with E-state index in [0.29, 0.717) is 0 Å². The van der Waals surface area contributed by atoms with Gasteiger partial charge in [-0.15, -0.1) is 0 Å². The molecule has 0 radical (unpaired) electrons. The van der Waals surface area contributed by atoms with Crippen LogP contribution in [-0.2, 0) is 0 Å². The monoisotopic (exact) mass is 901 g/mol. The SMILES string of the molecule is c1ccc(-c2c(-c3ccccc3)c3cc(-c4ccc(N(c5ccc(-c6ccc(-c7cccc8ccccc78)cc6)cc5)c5cccc(-c6ccc7ccccc7c6)c5)cc4)ccc3c3ccccc23)cc1. The Bertz CT molecular complexity index is 4060. The maximum atomic E-state index is 2.41. The van der Waals surface area contributed by atoms with Crippen LogP contribution >= 0.6 is 0 Å². The zero-order valence-corrected chi connectivity index (χ0v) is 39.1. The van der Waals surface area contributed by atoms with Gasteiger partial charge in [-0.25, -0.2) is 0 Å². The maximum absolute atomic E-state index is 2.41. The smallest absolute Gasteiger partial charge is 0.0467 e. The average Bonchev–Trinajstić information content (AvgIpc) is 3.45. The van der Waals surface area contributed by atoms with Crippen LogP contribution in [0.2, 0.25) is 0 Å². The summed E-state index contributed by atoms with van der Waals surface area (Å²) in [5.74, 6) is 0. The Labute approximate surface area is 414 Å². The van der Waals surface area contributed by atoms with Crippen molar-refractivity contribution in [2.24, 2.45) is 0 Å². The molecule has 71 heavy (non-hydrogen) atoms. The minimum Gasteiger partial charge on any atom is -0.310 e. The normalized spacial score (nSPS) is 11.4. The van der Waals surface area contributed by atoms with Crippen molar-refractivity contribution in [2.45, 2.75) is 0 Å². The second kappa shape index (κ2) is 18.0. The highest BCUT2D eigenvalue weighted by Gasteiger charge is 2.19. The molecule has 0 aliphatic heterocycles. The second-order valence-electron chi connectivity index (χ2n) is 18.4. The first-order valence-corrected chi connectivity index (χ1v) is 24.5. The van der Waals surface area contributed by atoms with Gasteiger partial charge < -0.3 is 4.90 Å². The van der Waals surface area contributed by atoms with Gasteiger partial charge in [-0.1, -0.05) is 237 Å². The third-order valence-electron chi connectivity index (χ3n) is 14.2. The molecule has 0 unspecified atom stereocenters. The zero-order chi connectivity index (χ0) is 47.1. The Balaban J connectivity index is 0.901. The third kappa shape index (κ3) is 7.80. The molecule has 332 valence electrons. The summed E-state index contributed by atoms with van der Waals surface area (Å²) in [6, 6.07) is 104. The Morgan fingerprint density at radius 2 is 0.620 bits per heavy atom. The lowest BCUT2D eigenvalue weighted by Gasteiger charge is -2.26. The first-order chi connectivity index (χ1) is 35.2. The predicted molar refractivity (Wildman–Crippen MR) is 304 cm³/mol. The fourth-order valence-electron chi connectivity index (χ4n) is 10.7. The van der Waals surface area contributed by atoms with E-state index in [-0.39, 0.29) is 0 Å². The van der Waals surface area contributed by atoms with Crippen molar-refractivity contribution in [1.29, 1.82) is 0 Å². The molecule has 0 heterocycles. The van der Waals surface area contributed by atoms with E-state index >= 15 is 0 Å². The van der Waals surface area contributed by atoms with Gasteiger partial charge in [0.1, 0.15) is 0 Å². The topological polar surface area (TPSA) is 3.24 Å². The van der Waals surface area contributed by atoms with Gasteiger partial charge in [0, 0.05) is 17.1 Å². The van der Waals surface area contributed by atoms with Crippen molar-refractivity contribution >= 4 is 60.2 Å². The molecule has 0 N–H and O–H groups in total. The summed E-state index contributed by atoms with van der Waals surface area (Å²) in [7, 11) is 0. The van der Waals surface area contributed by atoms with Gasteiger partial charge in [-0.2, -0.15) is 0 Å². The molecule has 13 rings (SSSR count). The Morgan fingerprint density at radius 3 is 1.31 bits per heavy atom. The molecule has 0 spiro atoms. The molecular formula is C70H47N. The molecule has 0 saturated carbocycles. The Kier molecular flexibility index (Phi) is 10.6. The summed E-state index contributed by atoms with van der Waals surface area (Å²) in [4.78, 5) is 2.38. The van der Waals surface area contributed by atoms with E-state index < -0.39 is 0 Å². The number of benzene rings is 13. The fourth-order valence-corrected chi connectivity index (χ4v) is 10.7. The molecule has 1 heteroatoms. The van der Waals surface area contributed by atoms with Gasteiger partial charge in [-0.3, -0.25) is 0 Å². The number of fused-ring (bicyclic) bond motifs is 5. The summed E-state index contributed by atoms with van der Waals surface area (Å²) < 4.78 is 0. The largest absolute Gasteiger partial charge is 0.310 e. The van der Waals surface area contributed by atoms with Crippen molar-refractivity contribution in [3.05, 3.63) is 285 Å². The molecule has 1 nitrogen and oxygen atoms in total. The fraction of sp³-hybridized carbons (Fsp3) is 0. The van der Waals surface area contributed by atoms with Crippen LogP contribution in [0.4, 0.5) is 17.1 Å². The van der Waals surface area contributed by atoms with Crippen molar-refractivity contribution in [1.82, 2.24) is 0 Å². The molecule has 0 aliphatic carbocycles. The summed E-state index contributed by atoms with van der Waals surface area (Å²) >= 11 is 0. The number of nitrogens with zero attached hydrogens (tertiary/aromatic N) is 1. The van der Waals surface area contributed by atoms with Crippen LogP contribution in [0.3, 0.4) is 0 Å². The second-order valence-corrected chi connectivity index (χ2v) is 18.4. The molecule has 0 atom stereocenters. The van der Waals surface area contributed by atoms with Crippen LogP contribution in [-0.4, -0.2) is 0 Å². The number of rotatable bonds is 9. The van der Waals surface area contributed by atoms with Crippen molar-refractivity contribution in [3.8, 4) is 66.8 Å². The van der Waals surface area contributed by atoms with Gasteiger partial charge in [0.25, 0.3) is 0 Å². The quantitative estimate of drug-likeness (QED) is 0.131. The van der Waals surface area contributed by atoms with Crippen molar-refractivity contribution in [3.63, 3.8) is 0 Å². The highest BCUT2D eigenvalue weighted by atomic mass is 15.1. The predicted octanol–water partition coefficient (Wildman–Crippen LogP) is 19.8. The first-order valence-electron chi connectivity index (χ1n) is 24.5. The summed E-state index contributed by atoms with van der Waals surface area (Å²) in [6.45, 7) is 0. The molecule has 0 saturated heterocycles. The molecule has 0 amide bonds. The lowest BCUT2D eigenvalue weighted by atomic mass is 9.84. The maximum Gasteiger partial charge on any atom is 0.0467 e. The molecule has 0 aromatic heterocycles. The highest BCUT2D eigenvalue weighted by molar-refractivity contribution is 6.22. The van der Waals surface area contributed by atoms with E-state index in [0.717, 1.165) is 22.6 Å². The summed E-state index contributed by atoms with van der Waals surface area (Å²) in [5.41, 5.74) is 17.7. The van der Waals surface area contributed by atoms with Crippen LogP contribution in [0.5, 0.6) is 0 Å². The van der Waals surface area contributed by atoms with Crippen LogP contribution in [0, 0.1) is 0 Å². The zero-order valence-electron chi connectivity index (χ0n) is 39.1. The van der Waals surface area contributed by atoms with Gasteiger partial charge >= 0.3 is 0 Å². The van der Waals surface area contributed by atoms with Gasteiger partial charge in [0.15, 0.2) is 0 Å². The third-order valence-corrected chi connectivity index (χ3v) is 14.2. The van der Waals surface area contributed by atoms with Crippen molar-refractivity contribution < 1.29 is 0 Å². The van der Waals surface area contributed by atoms with Gasteiger partial charge in [0.2, 0.25) is 0 Å². The van der Waals surface area contributed by atoms with E-state index in [1.807, 2.05) is 0 Å². The average molecular weight is 902 g/mol. The number of hydrogen-bond acceptors (Lipinski definition) is 1. The lowest BCUT2D eigenvalue weighted by Crippen LogP contribution is -2.10. The minimum atomic E-state index is 1.08. The van der Waals surface area contributed by atoms with E-state index in [9.17, 15) is 0 Å². The minimum absolute atomic E-state index is 1.08.